The van der Waals surface area contributed by atoms with E-state index in [-0.39, 0.29) is 11.5 Å². The molecule has 0 amide bonds. The average molecular weight is 249 g/mol. The lowest BCUT2D eigenvalue weighted by Gasteiger charge is -2.02. The maximum absolute atomic E-state index is 12.0. The average Bonchev–Trinajstić information content (AvgIpc) is 2.39. The molecule has 0 spiro atoms. The van der Waals surface area contributed by atoms with Gasteiger partial charge >= 0.3 is 0 Å². The Balaban J connectivity index is 2.34. The predicted octanol–water partition coefficient (Wildman–Crippen LogP) is 2.37. The number of carbonyl (C=O) groups is 1. The lowest BCUT2D eigenvalue weighted by atomic mass is 10.1. The van der Waals surface area contributed by atoms with Crippen LogP contribution in [-0.2, 0) is 0 Å². The van der Waals surface area contributed by atoms with Gasteiger partial charge in [-0.2, -0.15) is 0 Å². The number of ether oxygens (including phenoxy) is 1. The van der Waals surface area contributed by atoms with Crippen molar-refractivity contribution in [3.05, 3.63) is 52.7 Å². The Morgan fingerprint density at radius 1 is 1.18 bits per heavy atom. The van der Waals surface area contributed by atoms with E-state index in [0.717, 1.165) is 0 Å². The van der Waals surface area contributed by atoms with Crippen LogP contribution in [0.3, 0.4) is 0 Å². The van der Waals surface area contributed by atoms with Gasteiger partial charge in [0.25, 0.3) is 0 Å². The van der Waals surface area contributed by atoms with Gasteiger partial charge in [0.15, 0.2) is 0 Å². The molecule has 2 rings (SSSR count). The van der Waals surface area contributed by atoms with Gasteiger partial charge in [0.05, 0.1) is 12.1 Å². The first-order chi connectivity index (χ1) is 8.22. The van der Waals surface area contributed by atoms with Crippen LogP contribution in [0.4, 0.5) is 0 Å². The minimum Gasteiger partial charge on any atom is -0.480 e. The summed E-state index contributed by atoms with van der Waals surface area (Å²) in [6.07, 6.45) is 0. The standard InChI is InChI=1S/C12H9ClN2O2/c1-17-11-7-6-10(14-15-11)12(16)8-4-2-3-5-9(8)13/h2-7H,1H3. The van der Waals surface area contributed by atoms with E-state index < -0.39 is 0 Å². The monoisotopic (exact) mass is 248 g/mol. The first-order valence-electron chi connectivity index (χ1n) is 4.89. The number of hydrogen-bond acceptors (Lipinski definition) is 4. The minimum absolute atomic E-state index is 0.235. The number of hydrogen-bond donors (Lipinski definition) is 0. The molecule has 0 aliphatic heterocycles. The van der Waals surface area contributed by atoms with E-state index in [2.05, 4.69) is 10.2 Å². The van der Waals surface area contributed by atoms with E-state index in [4.69, 9.17) is 16.3 Å². The van der Waals surface area contributed by atoms with Crippen molar-refractivity contribution < 1.29 is 9.53 Å². The topological polar surface area (TPSA) is 52.1 Å². The molecule has 0 radical (unpaired) electrons. The molecule has 4 nitrogen and oxygen atoms in total. The van der Waals surface area contributed by atoms with Gasteiger partial charge in [-0.25, -0.2) is 0 Å². The fourth-order valence-corrected chi connectivity index (χ4v) is 1.55. The second kappa shape index (κ2) is 4.93. The molecule has 86 valence electrons. The number of halogens is 1. The molecule has 2 aromatic rings. The molecular formula is C12H9ClN2O2. The molecule has 0 aliphatic rings. The van der Waals surface area contributed by atoms with Gasteiger partial charge in [-0.3, -0.25) is 4.79 Å². The van der Waals surface area contributed by atoms with Gasteiger partial charge in [-0.05, 0) is 18.2 Å². The Morgan fingerprint density at radius 2 is 1.94 bits per heavy atom. The van der Waals surface area contributed by atoms with Crippen molar-refractivity contribution in [1.82, 2.24) is 10.2 Å². The van der Waals surface area contributed by atoms with Gasteiger partial charge in [0, 0.05) is 11.6 Å². The molecular weight excluding hydrogens is 240 g/mol. The summed E-state index contributed by atoms with van der Waals surface area (Å²) in [5, 5.41) is 7.92. The van der Waals surface area contributed by atoms with Crippen LogP contribution in [0.15, 0.2) is 36.4 Å². The molecule has 1 heterocycles. The van der Waals surface area contributed by atoms with Crippen molar-refractivity contribution in [1.29, 1.82) is 0 Å². The van der Waals surface area contributed by atoms with Crippen molar-refractivity contribution in [3.63, 3.8) is 0 Å². The molecule has 5 heteroatoms. The van der Waals surface area contributed by atoms with Crippen molar-refractivity contribution >= 4 is 17.4 Å². The summed E-state index contributed by atoms with van der Waals surface area (Å²) in [6.45, 7) is 0. The van der Waals surface area contributed by atoms with Crippen LogP contribution in [0.2, 0.25) is 5.02 Å². The maximum atomic E-state index is 12.0. The number of rotatable bonds is 3. The molecule has 0 atom stereocenters. The predicted molar refractivity (Wildman–Crippen MR) is 63.5 cm³/mol. The molecule has 0 fully saturated rings. The van der Waals surface area contributed by atoms with Gasteiger partial charge in [-0.15, -0.1) is 10.2 Å². The van der Waals surface area contributed by atoms with E-state index in [1.165, 1.54) is 7.11 Å². The second-order valence-corrected chi connectivity index (χ2v) is 3.68. The van der Waals surface area contributed by atoms with E-state index >= 15 is 0 Å². The first-order valence-corrected chi connectivity index (χ1v) is 5.27. The summed E-state index contributed by atoms with van der Waals surface area (Å²) in [7, 11) is 1.49. The summed E-state index contributed by atoms with van der Waals surface area (Å²) in [4.78, 5) is 12.0. The Bertz CT molecular complexity index is 540. The molecule has 17 heavy (non-hydrogen) atoms. The summed E-state index contributed by atoms with van der Waals surface area (Å²) < 4.78 is 4.87. The van der Waals surface area contributed by atoms with Crippen LogP contribution in [0.25, 0.3) is 0 Å². The highest BCUT2D eigenvalue weighted by molar-refractivity contribution is 6.34. The highest BCUT2D eigenvalue weighted by Crippen LogP contribution is 2.18. The summed E-state index contributed by atoms with van der Waals surface area (Å²) in [5.41, 5.74) is 0.646. The minimum atomic E-state index is -0.259. The van der Waals surface area contributed by atoms with Crippen molar-refractivity contribution in [2.45, 2.75) is 0 Å². The van der Waals surface area contributed by atoms with E-state index in [1.807, 2.05) is 0 Å². The van der Waals surface area contributed by atoms with Crippen LogP contribution in [0, 0.1) is 0 Å². The lowest BCUT2D eigenvalue weighted by molar-refractivity contribution is 0.103. The summed E-state index contributed by atoms with van der Waals surface area (Å²) in [6, 6.07) is 9.95. The molecule has 0 N–H and O–H groups in total. The third-order valence-corrected chi connectivity index (χ3v) is 2.53. The van der Waals surface area contributed by atoms with Gasteiger partial charge in [0.1, 0.15) is 5.69 Å². The van der Waals surface area contributed by atoms with Gasteiger partial charge < -0.3 is 4.74 Å². The van der Waals surface area contributed by atoms with E-state index in [0.29, 0.717) is 16.5 Å². The van der Waals surface area contributed by atoms with Crippen LogP contribution in [0.5, 0.6) is 5.88 Å². The van der Waals surface area contributed by atoms with Gasteiger partial charge in [-0.1, -0.05) is 23.7 Å². The smallest absolute Gasteiger partial charge is 0.233 e. The Morgan fingerprint density at radius 3 is 2.53 bits per heavy atom. The van der Waals surface area contributed by atoms with Crippen molar-refractivity contribution in [2.24, 2.45) is 0 Å². The zero-order valence-electron chi connectivity index (χ0n) is 9.05. The zero-order valence-corrected chi connectivity index (χ0v) is 9.81. The number of methoxy groups -OCH3 is 1. The summed E-state index contributed by atoms with van der Waals surface area (Å²) >= 11 is 5.93. The molecule has 1 aromatic heterocycles. The largest absolute Gasteiger partial charge is 0.480 e. The van der Waals surface area contributed by atoms with Crippen LogP contribution in [-0.4, -0.2) is 23.1 Å². The summed E-state index contributed by atoms with van der Waals surface area (Å²) in [5.74, 6) is 0.103. The Hall–Kier alpha value is -1.94. The van der Waals surface area contributed by atoms with Crippen molar-refractivity contribution in [2.75, 3.05) is 7.11 Å². The highest BCUT2D eigenvalue weighted by Gasteiger charge is 2.14. The zero-order chi connectivity index (χ0) is 12.3. The van der Waals surface area contributed by atoms with Crippen LogP contribution in [0.1, 0.15) is 16.1 Å². The number of nitrogens with zero attached hydrogens (tertiary/aromatic N) is 2. The Labute approximate surface area is 103 Å². The van der Waals surface area contributed by atoms with Crippen molar-refractivity contribution in [3.8, 4) is 5.88 Å². The molecule has 0 aliphatic carbocycles. The molecule has 0 unspecified atom stereocenters. The fourth-order valence-electron chi connectivity index (χ4n) is 1.33. The van der Waals surface area contributed by atoms with E-state index in [1.54, 1.807) is 36.4 Å². The third-order valence-electron chi connectivity index (χ3n) is 2.20. The molecule has 0 bridgehead atoms. The number of ketones is 1. The van der Waals surface area contributed by atoms with Crippen LogP contribution >= 0.6 is 11.6 Å². The normalized spacial score (nSPS) is 10.0. The fraction of sp³-hybridized carbons (Fsp3) is 0.0833. The SMILES string of the molecule is COc1ccc(C(=O)c2ccccc2Cl)nn1. The quantitative estimate of drug-likeness (QED) is 0.783. The lowest BCUT2D eigenvalue weighted by Crippen LogP contribution is -2.06. The Kier molecular flexibility index (Phi) is 3.35. The second-order valence-electron chi connectivity index (χ2n) is 3.27. The maximum Gasteiger partial charge on any atom is 0.233 e. The van der Waals surface area contributed by atoms with Crippen LogP contribution < -0.4 is 4.74 Å². The molecule has 0 saturated heterocycles. The first kappa shape index (κ1) is 11.5. The number of aromatic nitrogens is 2. The van der Waals surface area contributed by atoms with Gasteiger partial charge in [0.2, 0.25) is 11.7 Å². The highest BCUT2D eigenvalue weighted by atomic mass is 35.5. The molecule has 0 saturated carbocycles. The molecule has 1 aromatic carbocycles. The third kappa shape index (κ3) is 2.42. The number of benzene rings is 1. The van der Waals surface area contributed by atoms with E-state index in [9.17, 15) is 4.79 Å². The number of carbonyl (C=O) groups excluding carboxylic acids is 1.